The van der Waals surface area contributed by atoms with E-state index in [0.29, 0.717) is 0 Å². The summed E-state index contributed by atoms with van der Waals surface area (Å²) in [6, 6.07) is 10.6. The van der Waals surface area contributed by atoms with Crippen LogP contribution >= 0.6 is 0 Å². The molecule has 2 aliphatic rings. The number of rotatable bonds is 2. The molecule has 1 aliphatic carbocycles. The molecule has 0 saturated heterocycles. The highest BCUT2D eigenvalue weighted by Crippen LogP contribution is 2.47. The third-order valence-corrected chi connectivity index (χ3v) is 3.74. The minimum absolute atomic E-state index is 0.0629. The van der Waals surface area contributed by atoms with E-state index >= 15 is 0 Å². The van der Waals surface area contributed by atoms with Gasteiger partial charge in [-0.05, 0) is 24.8 Å². The van der Waals surface area contributed by atoms with Crippen molar-refractivity contribution in [3.63, 3.8) is 0 Å². The first kappa shape index (κ1) is 9.88. The van der Waals surface area contributed by atoms with Gasteiger partial charge in [0.2, 0.25) is 0 Å². The second kappa shape index (κ2) is 3.62. The third-order valence-electron chi connectivity index (χ3n) is 3.74. The molecular weight excluding hydrogens is 198 g/mol. The van der Waals surface area contributed by atoms with Gasteiger partial charge in [-0.3, -0.25) is 0 Å². The largest absolute Gasteiger partial charge is 0.475 e. The fourth-order valence-corrected chi connectivity index (χ4v) is 2.94. The van der Waals surface area contributed by atoms with Crippen molar-refractivity contribution < 1.29 is 4.74 Å². The average Bonchev–Trinajstić information content (AvgIpc) is 2.86. The van der Waals surface area contributed by atoms with Gasteiger partial charge >= 0.3 is 0 Å². The van der Waals surface area contributed by atoms with Crippen molar-refractivity contribution in [1.82, 2.24) is 0 Å². The maximum absolute atomic E-state index is 5.94. The summed E-state index contributed by atoms with van der Waals surface area (Å²) in [5, 5.41) is 0. The molecule has 1 aromatic carbocycles. The number of benzene rings is 1. The number of fused-ring (bicyclic) bond motifs is 1. The standard InChI is InChI=1S/C14H17NO/c1-2-13-15-14(10-6-9-12(14)16-13)11-7-4-3-5-8-11/h3-5,7-8,12H,2,6,9-10H2,1H3/t12-,14-/m0/s1. The van der Waals surface area contributed by atoms with Crippen LogP contribution in [0, 0.1) is 0 Å². The summed E-state index contributed by atoms with van der Waals surface area (Å²) in [6.45, 7) is 2.11. The lowest BCUT2D eigenvalue weighted by Crippen LogP contribution is -2.29. The highest BCUT2D eigenvalue weighted by molar-refractivity contribution is 5.79. The molecule has 0 bridgehead atoms. The molecule has 1 heterocycles. The van der Waals surface area contributed by atoms with Crippen molar-refractivity contribution in [2.24, 2.45) is 4.99 Å². The van der Waals surface area contributed by atoms with Gasteiger partial charge in [-0.25, -0.2) is 4.99 Å². The summed E-state index contributed by atoms with van der Waals surface area (Å²) >= 11 is 0. The first-order valence-corrected chi connectivity index (χ1v) is 6.16. The average molecular weight is 215 g/mol. The normalized spacial score (nSPS) is 32.1. The molecule has 1 saturated carbocycles. The summed E-state index contributed by atoms with van der Waals surface area (Å²) in [7, 11) is 0. The molecule has 1 aromatic rings. The minimum Gasteiger partial charge on any atom is -0.475 e. The fourth-order valence-electron chi connectivity index (χ4n) is 2.94. The van der Waals surface area contributed by atoms with Gasteiger partial charge in [-0.2, -0.15) is 0 Å². The van der Waals surface area contributed by atoms with Crippen LogP contribution in [0.2, 0.25) is 0 Å². The monoisotopic (exact) mass is 215 g/mol. The highest BCUT2D eigenvalue weighted by atomic mass is 16.5. The minimum atomic E-state index is -0.0629. The number of hydrogen-bond donors (Lipinski definition) is 0. The Kier molecular flexibility index (Phi) is 2.23. The lowest BCUT2D eigenvalue weighted by molar-refractivity contribution is 0.159. The molecule has 1 fully saturated rings. The quantitative estimate of drug-likeness (QED) is 0.742. The van der Waals surface area contributed by atoms with E-state index in [2.05, 4.69) is 37.3 Å². The van der Waals surface area contributed by atoms with Gasteiger partial charge in [-0.1, -0.05) is 37.3 Å². The van der Waals surface area contributed by atoms with Crippen LogP contribution in [0.25, 0.3) is 0 Å². The molecule has 0 spiro atoms. The van der Waals surface area contributed by atoms with Crippen LogP contribution in [-0.4, -0.2) is 12.0 Å². The molecule has 1 aliphatic heterocycles. The van der Waals surface area contributed by atoms with E-state index in [1.54, 1.807) is 0 Å². The van der Waals surface area contributed by atoms with Crippen LogP contribution in [0.3, 0.4) is 0 Å². The first-order chi connectivity index (χ1) is 7.85. The number of nitrogens with zero attached hydrogens (tertiary/aromatic N) is 1. The van der Waals surface area contributed by atoms with Crippen LogP contribution in [-0.2, 0) is 10.3 Å². The maximum atomic E-state index is 5.94. The van der Waals surface area contributed by atoms with Crippen molar-refractivity contribution in [2.75, 3.05) is 0 Å². The molecule has 84 valence electrons. The van der Waals surface area contributed by atoms with Crippen LogP contribution < -0.4 is 0 Å². The third kappa shape index (κ3) is 1.29. The van der Waals surface area contributed by atoms with Gasteiger partial charge < -0.3 is 4.74 Å². The van der Waals surface area contributed by atoms with E-state index in [-0.39, 0.29) is 11.6 Å². The molecule has 0 amide bonds. The Bertz CT molecular complexity index is 412. The molecule has 0 radical (unpaired) electrons. The van der Waals surface area contributed by atoms with Gasteiger partial charge in [0.15, 0.2) is 5.90 Å². The number of hydrogen-bond acceptors (Lipinski definition) is 2. The molecule has 2 atom stereocenters. The summed E-state index contributed by atoms with van der Waals surface area (Å²) in [6.07, 6.45) is 4.68. The van der Waals surface area contributed by atoms with E-state index in [1.807, 2.05) is 0 Å². The topological polar surface area (TPSA) is 21.6 Å². The predicted molar refractivity (Wildman–Crippen MR) is 64.6 cm³/mol. The molecule has 0 unspecified atom stereocenters. The van der Waals surface area contributed by atoms with Crippen molar-refractivity contribution in [1.29, 1.82) is 0 Å². The van der Waals surface area contributed by atoms with Gasteiger partial charge in [0, 0.05) is 6.42 Å². The van der Waals surface area contributed by atoms with Gasteiger partial charge in [-0.15, -0.1) is 0 Å². The zero-order valence-corrected chi connectivity index (χ0v) is 9.65. The van der Waals surface area contributed by atoms with E-state index in [0.717, 1.165) is 25.2 Å². The summed E-state index contributed by atoms with van der Waals surface area (Å²) in [4.78, 5) is 4.86. The molecule has 2 nitrogen and oxygen atoms in total. The number of aliphatic imine (C=N–C) groups is 1. The van der Waals surface area contributed by atoms with Crippen molar-refractivity contribution in [2.45, 2.75) is 44.2 Å². The Morgan fingerprint density at radius 2 is 2.19 bits per heavy atom. The Labute approximate surface area is 96.3 Å². The molecule has 0 N–H and O–H groups in total. The van der Waals surface area contributed by atoms with E-state index < -0.39 is 0 Å². The lowest BCUT2D eigenvalue weighted by atomic mass is 9.87. The molecule has 0 aromatic heterocycles. The lowest BCUT2D eigenvalue weighted by Gasteiger charge is -2.25. The van der Waals surface area contributed by atoms with Crippen LogP contribution in [0.1, 0.15) is 38.2 Å². The van der Waals surface area contributed by atoms with E-state index in [4.69, 9.17) is 9.73 Å². The van der Waals surface area contributed by atoms with Crippen molar-refractivity contribution >= 4 is 5.90 Å². The summed E-state index contributed by atoms with van der Waals surface area (Å²) < 4.78 is 5.94. The van der Waals surface area contributed by atoms with E-state index in [1.165, 1.54) is 12.0 Å². The van der Waals surface area contributed by atoms with Gasteiger partial charge in [0.1, 0.15) is 11.6 Å². The second-order valence-electron chi connectivity index (χ2n) is 4.65. The number of ether oxygens (including phenoxy) is 1. The zero-order valence-electron chi connectivity index (χ0n) is 9.65. The molecule has 2 heteroatoms. The molecule has 3 rings (SSSR count). The smallest absolute Gasteiger partial charge is 0.184 e. The second-order valence-corrected chi connectivity index (χ2v) is 4.65. The van der Waals surface area contributed by atoms with Crippen molar-refractivity contribution in [3.05, 3.63) is 35.9 Å². The fraction of sp³-hybridized carbons (Fsp3) is 0.500. The Morgan fingerprint density at radius 3 is 2.94 bits per heavy atom. The Morgan fingerprint density at radius 1 is 1.38 bits per heavy atom. The van der Waals surface area contributed by atoms with Gasteiger partial charge in [0.05, 0.1) is 0 Å². The summed E-state index contributed by atoms with van der Waals surface area (Å²) in [5.41, 5.74) is 1.26. The SMILES string of the molecule is CCC1=N[C@]2(c3ccccc3)CCC[C@@H]2O1. The van der Waals surface area contributed by atoms with Crippen molar-refractivity contribution in [3.8, 4) is 0 Å². The van der Waals surface area contributed by atoms with E-state index in [9.17, 15) is 0 Å². The highest BCUT2D eigenvalue weighted by Gasteiger charge is 2.50. The Balaban J connectivity index is 2.05. The Hall–Kier alpha value is -1.31. The van der Waals surface area contributed by atoms with Crippen LogP contribution in [0.4, 0.5) is 0 Å². The van der Waals surface area contributed by atoms with Gasteiger partial charge in [0.25, 0.3) is 0 Å². The predicted octanol–water partition coefficient (Wildman–Crippen LogP) is 3.27. The maximum Gasteiger partial charge on any atom is 0.184 e. The summed E-state index contributed by atoms with van der Waals surface area (Å²) in [5.74, 6) is 0.938. The molecule has 16 heavy (non-hydrogen) atoms. The van der Waals surface area contributed by atoms with Crippen LogP contribution in [0.5, 0.6) is 0 Å². The molecular formula is C14H17NO. The zero-order chi connectivity index (χ0) is 11.0. The van der Waals surface area contributed by atoms with Crippen LogP contribution in [0.15, 0.2) is 35.3 Å². The first-order valence-electron chi connectivity index (χ1n) is 6.16.